The average molecular weight is 362 g/mol. The number of rotatable bonds is 6. The van der Waals surface area contributed by atoms with Crippen molar-refractivity contribution in [2.45, 2.75) is 19.6 Å². The molecule has 0 spiro atoms. The fourth-order valence-electron chi connectivity index (χ4n) is 2.78. The number of carbonyl (C=O) groups excluding carboxylic acids is 1. The smallest absolute Gasteiger partial charge is 0.346 e. The van der Waals surface area contributed by atoms with E-state index in [-0.39, 0.29) is 0 Å². The van der Waals surface area contributed by atoms with Gasteiger partial charge in [0.15, 0.2) is 6.10 Å². The molecular weight excluding hydrogens is 340 g/mol. The predicted molar refractivity (Wildman–Crippen MR) is 95.9 cm³/mol. The Morgan fingerprint density at radius 2 is 1.92 bits per heavy atom. The third kappa shape index (κ3) is 4.46. The Morgan fingerprint density at radius 1 is 1.20 bits per heavy atom. The number of ether oxygens (including phenoxy) is 2. The van der Waals surface area contributed by atoms with Gasteiger partial charge >= 0.3 is 5.97 Å². The monoisotopic (exact) mass is 362 g/mol. The normalized spacial score (nSPS) is 16.5. The van der Waals surface area contributed by atoms with Crippen LogP contribution in [0.2, 0.25) is 0 Å². The number of nitrogens with zero attached hydrogens (tertiary/aromatic N) is 4. The van der Waals surface area contributed by atoms with E-state index in [1.165, 1.54) is 12.7 Å². The second kappa shape index (κ2) is 8.26. The van der Waals surface area contributed by atoms with E-state index < -0.39 is 12.1 Å². The van der Waals surface area contributed by atoms with Crippen LogP contribution in [0.25, 0.3) is 0 Å². The number of piperazine rings is 1. The van der Waals surface area contributed by atoms with Gasteiger partial charge in [0.2, 0.25) is 5.82 Å². The first-order valence-electron chi connectivity index (χ1n) is 8.25. The van der Waals surface area contributed by atoms with Crippen LogP contribution in [0.4, 0.5) is 5.82 Å². The summed E-state index contributed by atoms with van der Waals surface area (Å²) < 4.78 is 18.8. The van der Waals surface area contributed by atoms with Gasteiger partial charge in [-0.15, -0.1) is 4.37 Å². The maximum absolute atomic E-state index is 11.5. The molecule has 7 nitrogen and oxygen atoms in total. The zero-order chi connectivity index (χ0) is 17.6. The van der Waals surface area contributed by atoms with Gasteiger partial charge in [0.05, 0.1) is 18.8 Å². The van der Waals surface area contributed by atoms with Crippen molar-refractivity contribution in [2.75, 3.05) is 38.2 Å². The molecular formula is C17H22N4O3S. The van der Waals surface area contributed by atoms with E-state index in [2.05, 4.69) is 47.5 Å². The van der Waals surface area contributed by atoms with Crippen LogP contribution < -0.4 is 9.64 Å². The van der Waals surface area contributed by atoms with E-state index in [4.69, 9.17) is 4.74 Å². The summed E-state index contributed by atoms with van der Waals surface area (Å²) in [5.74, 6) is 0.686. The molecule has 134 valence electrons. The Labute approximate surface area is 151 Å². The minimum Gasteiger partial charge on any atom is -0.466 e. The zero-order valence-electron chi connectivity index (χ0n) is 14.4. The highest BCUT2D eigenvalue weighted by molar-refractivity contribution is 6.99. The number of benzene rings is 1. The lowest BCUT2D eigenvalue weighted by atomic mass is 10.2. The second-order valence-electron chi connectivity index (χ2n) is 5.93. The van der Waals surface area contributed by atoms with Crippen LogP contribution >= 0.6 is 11.7 Å². The van der Waals surface area contributed by atoms with E-state index in [1.807, 2.05) is 6.07 Å². The average Bonchev–Trinajstić information content (AvgIpc) is 3.10. The van der Waals surface area contributed by atoms with E-state index in [1.54, 1.807) is 6.92 Å². The van der Waals surface area contributed by atoms with Crippen LogP contribution in [0.15, 0.2) is 30.3 Å². The second-order valence-corrected chi connectivity index (χ2v) is 6.45. The Bertz CT molecular complexity index is 686. The van der Waals surface area contributed by atoms with Crippen LogP contribution in [0.3, 0.4) is 0 Å². The maximum atomic E-state index is 11.5. The summed E-state index contributed by atoms with van der Waals surface area (Å²) in [5, 5.41) is 0. The lowest BCUT2D eigenvalue weighted by Gasteiger charge is -2.34. The van der Waals surface area contributed by atoms with E-state index in [0.717, 1.165) is 44.5 Å². The molecule has 1 aromatic carbocycles. The number of esters is 1. The highest BCUT2D eigenvalue weighted by atomic mass is 32.1. The van der Waals surface area contributed by atoms with Gasteiger partial charge in [-0.05, 0) is 12.5 Å². The van der Waals surface area contributed by atoms with E-state index >= 15 is 0 Å². The number of aromatic nitrogens is 2. The summed E-state index contributed by atoms with van der Waals surface area (Å²) in [4.78, 5) is 16.1. The molecule has 8 heteroatoms. The minimum absolute atomic E-state index is 0.402. The van der Waals surface area contributed by atoms with Gasteiger partial charge in [-0.25, -0.2) is 4.79 Å². The molecule has 3 rings (SSSR count). The molecule has 0 saturated carbocycles. The molecule has 0 amide bonds. The molecule has 1 aromatic heterocycles. The molecule has 0 bridgehead atoms. The minimum atomic E-state index is -0.702. The number of hydrogen-bond donors (Lipinski definition) is 0. The molecule has 1 fully saturated rings. The molecule has 1 atom stereocenters. The Morgan fingerprint density at radius 3 is 2.60 bits per heavy atom. The van der Waals surface area contributed by atoms with Crippen LogP contribution in [0.1, 0.15) is 12.5 Å². The number of methoxy groups -OCH3 is 1. The molecule has 0 N–H and O–H groups in total. The van der Waals surface area contributed by atoms with Crippen LogP contribution in [-0.4, -0.2) is 59.0 Å². The first-order chi connectivity index (χ1) is 12.2. The zero-order valence-corrected chi connectivity index (χ0v) is 15.2. The van der Waals surface area contributed by atoms with Crippen molar-refractivity contribution >= 4 is 23.5 Å². The Kier molecular flexibility index (Phi) is 5.83. The van der Waals surface area contributed by atoms with E-state index in [9.17, 15) is 4.79 Å². The van der Waals surface area contributed by atoms with Crippen molar-refractivity contribution in [2.24, 2.45) is 0 Å². The molecule has 1 aliphatic rings. The highest BCUT2D eigenvalue weighted by Crippen LogP contribution is 2.27. The van der Waals surface area contributed by atoms with Crippen LogP contribution in [0, 0.1) is 0 Å². The van der Waals surface area contributed by atoms with Gasteiger partial charge in [0.25, 0.3) is 5.88 Å². The van der Waals surface area contributed by atoms with Gasteiger partial charge in [0, 0.05) is 32.7 Å². The fraction of sp³-hybridized carbons (Fsp3) is 0.471. The first kappa shape index (κ1) is 17.6. The fourth-order valence-corrected chi connectivity index (χ4v) is 3.29. The lowest BCUT2D eigenvalue weighted by Crippen LogP contribution is -2.46. The Hall–Kier alpha value is -2.19. The molecule has 25 heavy (non-hydrogen) atoms. The molecule has 0 radical (unpaired) electrons. The Balaban J connectivity index is 1.56. The summed E-state index contributed by atoms with van der Waals surface area (Å²) in [6, 6.07) is 10.5. The van der Waals surface area contributed by atoms with Gasteiger partial charge < -0.3 is 14.4 Å². The third-order valence-corrected chi connectivity index (χ3v) is 4.69. The quantitative estimate of drug-likeness (QED) is 0.726. The predicted octanol–water partition coefficient (Wildman–Crippen LogP) is 1.80. The summed E-state index contributed by atoms with van der Waals surface area (Å²) in [5.41, 5.74) is 1.32. The molecule has 0 aliphatic carbocycles. The number of carbonyl (C=O) groups is 1. The number of hydrogen-bond acceptors (Lipinski definition) is 8. The molecule has 1 aliphatic heterocycles. The van der Waals surface area contributed by atoms with Gasteiger partial charge in [0.1, 0.15) is 0 Å². The summed E-state index contributed by atoms with van der Waals surface area (Å²) in [7, 11) is 1.34. The summed E-state index contributed by atoms with van der Waals surface area (Å²) >= 11 is 1.09. The van der Waals surface area contributed by atoms with Crippen molar-refractivity contribution in [3.63, 3.8) is 0 Å². The summed E-state index contributed by atoms with van der Waals surface area (Å²) in [6.45, 7) is 6.18. The van der Waals surface area contributed by atoms with E-state index in [0.29, 0.717) is 11.7 Å². The third-order valence-electron chi connectivity index (χ3n) is 4.18. The highest BCUT2D eigenvalue weighted by Gasteiger charge is 2.25. The molecule has 2 aromatic rings. The van der Waals surface area contributed by atoms with Crippen LogP contribution in [-0.2, 0) is 16.1 Å². The number of anilines is 1. The van der Waals surface area contributed by atoms with Crippen molar-refractivity contribution < 1.29 is 14.3 Å². The standard InChI is InChI=1S/C17H22N4O3S/c1-13(17(22)23-2)24-16-15(18-25-19-16)21-10-8-20(9-11-21)12-14-6-4-3-5-7-14/h3-7,13H,8-12H2,1-2H3. The lowest BCUT2D eigenvalue weighted by molar-refractivity contribution is -0.148. The maximum Gasteiger partial charge on any atom is 0.346 e. The van der Waals surface area contributed by atoms with Crippen molar-refractivity contribution in [3.05, 3.63) is 35.9 Å². The van der Waals surface area contributed by atoms with Crippen molar-refractivity contribution in [1.82, 2.24) is 13.6 Å². The van der Waals surface area contributed by atoms with Crippen molar-refractivity contribution in [3.8, 4) is 5.88 Å². The molecule has 1 unspecified atom stereocenters. The molecule has 1 saturated heterocycles. The van der Waals surface area contributed by atoms with Crippen LogP contribution in [0.5, 0.6) is 5.88 Å². The van der Waals surface area contributed by atoms with Gasteiger partial charge in [-0.1, -0.05) is 30.3 Å². The SMILES string of the molecule is COC(=O)C(C)Oc1nsnc1N1CCN(Cc2ccccc2)CC1. The topological polar surface area (TPSA) is 67.8 Å². The largest absolute Gasteiger partial charge is 0.466 e. The summed E-state index contributed by atoms with van der Waals surface area (Å²) in [6.07, 6.45) is -0.702. The van der Waals surface area contributed by atoms with Gasteiger partial charge in [-0.2, -0.15) is 4.37 Å². The van der Waals surface area contributed by atoms with Gasteiger partial charge in [-0.3, -0.25) is 4.90 Å². The van der Waals surface area contributed by atoms with Crippen molar-refractivity contribution in [1.29, 1.82) is 0 Å². The first-order valence-corrected chi connectivity index (χ1v) is 8.98. The molecule has 2 heterocycles.